The van der Waals surface area contributed by atoms with E-state index in [1.165, 1.54) is 0 Å². The summed E-state index contributed by atoms with van der Waals surface area (Å²) in [6, 6.07) is 7.39. The smallest absolute Gasteiger partial charge is 0.243 e. The number of rotatable bonds is 1. The number of fused-ring (bicyclic) bond motifs is 1. The molecule has 0 fully saturated rings. The van der Waals surface area contributed by atoms with Gasteiger partial charge in [-0.1, -0.05) is 18.7 Å². The van der Waals surface area contributed by atoms with Crippen molar-refractivity contribution in [1.29, 1.82) is 0 Å². The fourth-order valence-corrected chi connectivity index (χ4v) is 1.30. The van der Waals surface area contributed by atoms with Crippen LogP contribution in [0.15, 0.2) is 42.6 Å². The van der Waals surface area contributed by atoms with Gasteiger partial charge in [-0.3, -0.25) is 9.78 Å². The molecule has 0 saturated heterocycles. The number of aromatic hydroxyl groups is 1. The lowest BCUT2D eigenvalue weighted by Gasteiger charge is -2.01. The van der Waals surface area contributed by atoms with Crippen molar-refractivity contribution in [2.75, 3.05) is 0 Å². The lowest BCUT2D eigenvalue weighted by atomic mass is 10.1. The molecule has 1 amide bonds. The molecular weight excluding hydrogens is 228 g/mol. The third kappa shape index (κ3) is 3.31. The zero-order chi connectivity index (χ0) is 13.7. The highest BCUT2D eigenvalue weighted by Gasteiger charge is 2.01. The van der Waals surface area contributed by atoms with E-state index in [0.717, 1.165) is 10.9 Å². The van der Waals surface area contributed by atoms with Crippen LogP contribution >= 0.6 is 0 Å². The molecule has 0 aliphatic heterocycles. The van der Waals surface area contributed by atoms with Gasteiger partial charge in [0.1, 0.15) is 11.3 Å². The summed E-state index contributed by atoms with van der Waals surface area (Å²) in [6.45, 7) is 6.86. The van der Waals surface area contributed by atoms with Crippen LogP contribution in [-0.2, 0) is 4.79 Å². The van der Waals surface area contributed by atoms with Gasteiger partial charge < -0.3 is 10.8 Å². The predicted molar refractivity (Wildman–Crippen MR) is 72.2 cm³/mol. The number of pyridine rings is 1. The van der Waals surface area contributed by atoms with Crippen LogP contribution in [0, 0.1) is 6.92 Å². The molecule has 1 heterocycles. The minimum absolute atomic E-state index is 0.246. The molecule has 0 aliphatic carbocycles. The van der Waals surface area contributed by atoms with Gasteiger partial charge in [-0.05, 0) is 31.5 Å². The summed E-state index contributed by atoms with van der Waals surface area (Å²) in [5.41, 5.74) is 6.91. The Hall–Kier alpha value is -2.36. The first-order valence-electron chi connectivity index (χ1n) is 5.42. The SMILES string of the molecule is C=C(C)C(N)=O.Cc1ccc(O)c2ncccc12. The Labute approximate surface area is 106 Å². The fraction of sp³-hybridized carbons (Fsp3) is 0.143. The average Bonchev–Trinajstić information content (AvgIpc) is 2.35. The van der Waals surface area contributed by atoms with Crippen LogP contribution in [0.5, 0.6) is 5.75 Å². The molecule has 1 aromatic carbocycles. The number of hydrogen-bond acceptors (Lipinski definition) is 3. The molecule has 0 spiro atoms. The van der Waals surface area contributed by atoms with Gasteiger partial charge in [0.2, 0.25) is 5.91 Å². The van der Waals surface area contributed by atoms with E-state index in [-0.39, 0.29) is 5.75 Å². The molecule has 4 heteroatoms. The van der Waals surface area contributed by atoms with Crippen LogP contribution in [0.2, 0.25) is 0 Å². The van der Waals surface area contributed by atoms with E-state index in [4.69, 9.17) is 5.73 Å². The number of phenols is 1. The third-order valence-corrected chi connectivity index (χ3v) is 2.39. The van der Waals surface area contributed by atoms with E-state index < -0.39 is 5.91 Å². The summed E-state index contributed by atoms with van der Waals surface area (Å²) >= 11 is 0. The summed E-state index contributed by atoms with van der Waals surface area (Å²) in [4.78, 5) is 13.9. The van der Waals surface area contributed by atoms with Crippen molar-refractivity contribution in [3.63, 3.8) is 0 Å². The molecule has 18 heavy (non-hydrogen) atoms. The Bertz CT molecular complexity index is 539. The number of aromatic nitrogens is 1. The summed E-state index contributed by atoms with van der Waals surface area (Å²) in [6.07, 6.45) is 1.68. The molecule has 94 valence electrons. The molecule has 2 aromatic rings. The second kappa shape index (κ2) is 5.82. The quantitative estimate of drug-likeness (QED) is 0.756. The van der Waals surface area contributed by atoms with Crippen molar-refractivity contribution in [1.82, 2.24) is 4.98 Å². The van der Waals surface area contributed by atoms with Gasteiger partial charge in [0.25, 0.3) is 0 Å². The molecule has 0 bridgehead atoms. The van der Waals surface area contributed by atoms with Crippen molar-refractivity contribution in [3.05, 3.63) is 48.2 Å². The summed E-state index contributed by atoms with van der Waals surface area (Å²) < 4.78 is 0. The number of phenolic OH excluding ortho intramolecular Hbond substituents is 1. The van der Waals surface area contributed by atoms with Crippen molar-refractivity contribution >= 4 is 16.8 Å². The zero-order valence-corrected chi connectivity index (χ0v) is 10.5. The Morgan fingerprint density at radius 2 is 2.00 bits per heavy atom. The number of hydrogen-bond donors (Lipinski definition) is 2. The van der Waals surface area contributed by atoms with Crippen molar-refractivity contribution in [3.8, 4) is 5.75 Å². The maximum Gasteiger partial charge on any atom is 0.243 e. The maximum absolute atomic E-state index is 9.82. The number of benzene rings is 1. The predicted octanol–water partition coefficient (Wildman–Crippen LogP) is 2.30. The summed E-state index contributed by atoms with van der Waals surface area (Å²) in [5, 5.41) is 10.4. The Kier molecular flexibility index (Phi) is 4.43. The van der Waals surface area contributed by atoms with Gasteiger partial charge in [-0.25, -0.2) is 0 Å². The van der Waals surface area contributed by atoms with Gasteiger partial charge in [-0.2, -0.15) is 0 Å². The largest absolute Gasteiger partial charge is 0.506 e. The van der Waals surface area contributed by atoms with E-state index in [9.17, 15) is 9.90 Å². The highest BCUT2D eigenvalue weighted by molar-refractivity contribution is 5.90. The molecule has 3 N–H and O–H groups in total. The second-order valence-electron chi connectivity index (χ2n) is 3.95. The minimum Gasteiger partial charge on any atom is -0.506 e. The summed E-state index contributed by atoms with van der Waals surface area (Å²) in [7, 11) is 0. The first-order chi connectivity index (χ1) is 8.43. The number of primary amides is 1. The van der Waals surface area contributed by atoms with Crippen LogP contribution in [0.25, 0.3) is 10.9 Å². The van der Waals surface area contributed by atoms with Gasteiger partial charge in [-0.15, -0.1) is 0 Å². The van der Waals surface area contributed by atoms with Gasteiger partial charge in [0, 0.05) is 17.2 Å². The maximum atomic E-state index is 9.82. The first-order valence-corrected chi connectivity index (χ1v) is 5.42. The van der Waals surface area contributed by atoms with Gasteiger partial charge in [0.05, 0.1) is 0 Å². The Morgan fingerprint density at radius 3 is 2.50 bits per heavy atom. The number of aryl methyl sites for hydroxylation is 1. The van der Waals surface area contributed by atoms with Crippen LogP contribution in [-0.4, -0.2) is 16.0 Å². The number of carbonyl (C=O) groups is 1. The van der Waals surface area contributed by atoms with Crippen LogP contribution < -0.4 is 5.73 Å². The monoisotopic (exact) mass is 244 g/mol. The highest BCUT2D eigenvalue weighted by Crippen LogP contribution is 2.24. The highest BCUT2D eigenvalue weighted by atomic mass is 16.3. The molecular formula is C14H16N2O2. The van der Waals surface area contributed by atoms with E-state index in [1.807, 2.05) is 25.1 Å². The number of nitrogens with two attached hydrogens (primary N) is 1. The Morgan fingerprint density at radius 1 is 1.39 bits per heavy atom. The Balaban J connectivity index is 0.000000232. The molecule has 0 unspecified atom stereocenters. The third-order valence-electron chi connectivity index (χ3n) is 2.39. The molecule has 2 rings (SSSR count). The topological polar surface area (TPSA) is 76.2 Å². The lowest BCUT2D eigenvalue weighted by Crippen LogP contribution is -2.10. The average molecular weight is 244 g/mol. The lowest BCUT2D eigenvalue weighted by molar-refractivity contribution is -0.114. The number of amides is 1. The first kappa shape index (κ1) is 13.7. The standard InChI is InChI=1S/C10H9NO.C4H7NO/c1-7-4-5-9(12)10-8(7)3-2-6-11-10;1-3(2)4(5)6/h2-6,12H,1H3;1H2,2H3,(H2,5,6). The number of nitrogens with zero attached hydrogens (tertiary/aromatic N) is 1. The van der Waals surface area contributed by atoms with E-state index in [2.05, 4.69) is 11.6 Å². The van der Waals surface area contributed by atoms with Crippen molar-refractivity contribution in [2.24, 2.45) is 5.73 Å². The molecule has 0 atom stereocenters. The summed E-state index contributed by atoms with van der Waals surface area (Å²) in [5.74, 6) is -0.189. The van der Waals surface area contributed by atoms with Gasteiger partial charge >= 0.3 is 0 Å². The van der Waals surface area contributed by atoms with E-state index in [1.54, 1.807) is 19.2 Å². The minimum atomic E-state index is -0.435. The second-order valence-corrected chi connectivity index (χ2v) is 3.95. The van der Waals surface area contributed by atoms with Crippen LogP contribution in [0.4, 0.5) is 0 Å². The molecule has 1 aromatic heterocycles. The van der Waals surface area contributed by atoms with Crippen molar-refractivity contribution < 1.29 is 9.90 Å². The van der Waals surface area contributed by atoms with E-state index in [0.29, 0.717) is 11.1 Å². The molecule has 0 saturated carbocycles. The van der Waals surface area contributed by atoms with Crippen LogP contribution in [0.3, 0.4) is 0 Å². The van der Waals surface area contributed by atoms with Crippen molar-refractivity contribution in [2.45, 2.75) is 13.8 Å². The fourth-order valence-electron chi connectivity index (χ4n) is 1.30. The molecule has 4 nitrogen and oxygen atoms in total. The zero-order valence-electron chi connectivity index (χ0n) is 10.5. The number of carbonyl (C=O) groups excluding carboxylic acids is 1. The molecule has 0 aliphatic rings. The van der Waals surface area contributed by atoms with Crippen LogP contribution in [0.1, 0.15) is 12.5 Å². The van der Waals surface area contributed by atoms with Gasteiger partial charge in [0.15, 0.2) is 0 Å². The normalized spacial score (nSPS) is 9.44. The molecule has 0 radical (unpaired) electrons. The van der Waals surface area contributed by atoms with E-state index >= 15 is 0 Å².